The van der Waals surface area contributed by atoms with Gasteiger partial charge in [-0.15, -0.1) is 11.8 Å². The third-order valence-electron chi connectivity index (χ3n) is 2.35. The van der Waals surface area contributed by atoms with Crippen molar-refractivity contribution in [1.82, 2.24) is 9.97 Å². The van der Waals surface area contributed by atoms with Crippen LogP contribution in [0.2, 0.25) is 0 Å². The minimum atomic E-state index is -1.15. The number of benzene rings is 1. The molecule has 0 fully saturated rings. The average molecular weight is 307 g/mol. The van der Waals surface area contributed by atoms with Crippen molar-refractivity contribution in [3.05, 3.63) is 48.0 Å². The number of aromatic nitrogens is 2. The molecule has 1 aromatic carbocycles. The zero-order chi connectivity index (χ0) is 15.2. The van der Waals surface area contributed by atoms with Crippen LogP contribution in [-0.4, -0.2) is 32.7 Å². The fourth-order valence-electron chi connectivity index (χ4n) is 1.41. The molecule has 0 saturated carbocycles. The maximum Gasteiger partial charge on any atom is 0.335 e. The maximum absolute atomic E-state index is 13.5. The second kappa shape index (κ2) is 6.80. The number of nitrogens with zero attached hydrogens (tertiary/aromatic N) is 2. The summed E-state index contributed by atoms with van der Waals surface area (Å²) in [5.74, 6) is -2.07. The van der Waals surface area contributed by atoms with E-state index in [1.165, 1.54) is 24.5 Å². The number of rotatable bonds is 5. The number of carboxylic acid groups (broad SMARTS) is 1. The van der Waals surface area contributed by atoms with E-state index >= 15 is 0 Å². The number of hydrogen-bond acceptors (Lipinski definition) is 5. The van der Waals surface area contributed by atoms with Crippen LogP contribution < -0.4 is 5.32 Å². The highest BCUT2D eigenvalue weighted by atomic mass is 32.2. The average Bonchev–Trinajstić information content (AvgIpc) is 2.47. The highest BCUT2D eigenvalue weighted by Gasteiger charge is 2.11. The van der Waals surface area contributed by atoms with Gasteiger partial charge in [0.15, 0.2) is 0 Å². The van der Waals surface area contributed by atoms with Crippen LogP contribution >= 0.6 is 11.8 Å². The van der Waals surface area contributed by atoms with Gasteiger partial charge in [0.1, 0.15) is 5.82 Å². The fourth-order valence-corrected chi connectivity index (χ4v) is 2.19. The first-order valence-corrected chi connectivity index (χ1v) is 6.77. The summed E-state index contributed by atoms with van der Waals surface area (Å²) in [7, 11) is 0. The molecule has 0 radical (unpaired) electrons. The van der Waals surface area contributed by atoms with Crippen LogP contribution in [0, 0.1) is 5.82 Å². The molecule has 0 saturated heterocycles. The molecule has 2 rings (SSSR count). The molecule has 1 amide bonds. The molecule has 0 atom stereocenters. The highest BCUT2D eigenvalue weighted by molar-refractivity contribution is 8.00. The Morgan fingerprint density at radius 2 is 2.00 bits per heavy atom. The number of anilines is 1. The molecule has 8 heteroatoms. The normalized spacial score (nSPS) is 10.1. The van der Waals surface area contributed by atoms with Gasteiger partial charge < -0.3 is 5.11 Å². The van der Waals surface area contributed by atoms with Crippen LogP contribution in [0.25, 0.3) is 0 Å². The number of halogens is 1. The van der Waals surface area contributed by atoms with Gasteiger partial charge in [0.25, 0.3) is 0 Å². The van der Waals surface area contributed by atoms with Gasteiger partial charge in [0.2, 0.25) is 11.9 Å². The van der Waals surface area contributed by atoms with Gasteiger partial charge in [0, 0.05) is 17.3 Å². The van der Waals surface area contributed by atoms with E-state index in [4.69, 9.17) is 5.11 Å². The summed E-state index contributed by atoms with van der Waals surface area (Å²) < 4.78 is 13.5. The van der Waals surface area contributed by atoms with Crippen LogP contribution in [-0.2, 0) is 4.79 Å². The summed E-state index contributed by atoms with van der Waals surface area (Å²) in [4.78, 5) is 30.2. The number of carbonyl (C=O) groups is 2. The molecule has 1 heterocycles. The first kappa shape index (κ1) is 14.9. The lowest BCUT2D eigenvalue weighted by molar-refractivity contribution is -0.113. The summed E-state index contributed by atoms with van der Waals surface area (Å²) in [5, 5.41) is 11.3. The van der Waals surface area contributed by atoms with E-state index < -0.39 is 17.7 Å². The summed E-state index contributed by atoms with van der Waals surface area (Å²) >= 11 is 0.900. The third kappa shape index (κ3) is 4.25. The molecule has 1 aromatic heterocycles. The van der Waals surface area contributed by atoms with E-state index in [0.717, 1.165) is 17.8 Å². The standard InChI is InChI=1S/C13H10FN3O3S/c14-9-3-2-8(12(19)20)6-10(9)21-7-11(18)17-13-15-4-1-5-16-13/h1-6H,7H2,(H,19,20)(H,15,16,17,18). The van der Waals surface area contributed by atoms with E-state index in [0.29, 0.717) is 0 Å². The number of aromatic carboxylic acids is 1. The monoisotopic (exact) mass is 307 g/mol. The van der Waals surface area contributed by atoms with E-state index in [1.54, 1.807) is 6.07 Å². The molecule has 21 heavy (non-hydrogen) atoms. The molecule has 0 bridgehead atoms. The second-order valence-electron chi connectivity index (χ2n) is 3.86. The van der Waals surface area contributed by atoms with Crippen LogP contribution in [0.1, 0.15) is 10.4 Å². The Balaban J connectivity index is 1.98. The predicted molar refractivity (Wildman–Crippen MR) is 74.7 cm³/mol. The minimum absolute atomic E-state index is 0.0364. The van der Waals surface area contributed by atoms with Gasteiger partial charge in [-0.05, 0) is 24.3 Å². The summed E-state index contributed by atoms with van der Waals surface area (Å²) in [6.07, 6.45) is 2.96. The van der Waals surface area contributed by atoms with Gasteiger partial charge in [-0.25, -0.2) is 19.2 Å². The van der Waals surface area contributed by atoms with E-state index in [9.17, 15) is 14.0 Å². The number of carboxylic acids is 1. The second-order valence-corrected chi connectivity index (χ2v) is 4.88. The summed E-state index contributed by atoms with van der Waals surface area (Å²) in [6, 6.07) is 5.02. The Morgan fingerprint density at radius 1 is 1.29 bits per heavy atom. The van der Waals surface area contributed by atoms with Crippen molar-refractivity contribution in [1.29, 1.82) is 0 Å². The molecular weight excluding hydrogens is 297 g/mol. The molecule has 0 spiro atoms. The van der Waals surface area contributed by atoms with E-state index in [-0.39, 0.29) is 22.2 Å². The lowest BCUT2D eigenvalue weighted by atomic mass is 10.2. The minimum Gasteiger partial charge on any atom is -0.478 e. The van der Waals surface area contributed by atoms with Crippen molar-refractivity contribution in [2.24, 2.45) is 0 Å². The predicted octanol–water partition coefficient (Wildman–Crippen LogP) is 2.04. The molecule has 0 aliphatic rings. The number of hydrogen-bond donors (Lipinski definition) is 2. The lowest BCUT2D eigenvalue weighted by Crippen LogP contribution is -2.16. The molecular formula is C13H10FN3O3S. The molecule has 2 N–H and O–H groups in total. The van der Waals surface area contributed by atoms with Crippen LogP contribution in [0.3, 0.4) is 0 Å². The summed E-state index contributed by atoms with van der Waals surface area (Å²) in [5.41, 5.74) is -0.0364. The zero-order valence-electron chi connectivity index (χ0n) is 10.6. The fraction of sp³-hybridized carbons (Fsp3) is 0.0769. The first-order valence-electron chi connectivity index (χ1n) is 5.79. The molecule has 0 aliphatic carbocycles. The van der Waals surface area contributed by atoms with Gasteiger partial charge in [-0.3, -0.25) is 10.1 Å². The zero-order valence-corrected chi connectivity index (χ0v) is 11.4. The SMILES string of the molecule is O=C(CSc1cc(C(=O)O)ccc1F)Nc1ncccn1. The smallest absolute Gasteiger partial charge is 0.335 e. The quantitative estimate of drug-likeness (QED) is 0.821. The first-order chi connectivity index (χ1) is 10.1. The number of nitrogens with one attached hydrogen (secondary N) is 1. The van der Waals surface area contributed by atoms with E-state index in [1.807, 2.05) is 0 Å². The topological polar surface area (TPSA) is 92.2 Å². The van der Waals surface area contributed by atoms with Crippen LogP contribution in [0.5, 0.6) is 0 Å². The Bertz CT molecular complexity index is 667. The lowest BCUT2D eigenvalue weighted by Gasteiger charge is -2.05. The van der Waals surface area contributed by atoms with Crippen molar-refractivity contribution < 1.29 is 19.1 Å². The van der Waals surface area contributed by atoms with Crippen molar-refractivity contribution in [3.63, 3.8) is 0 Å². The molecule has 2 aromatic rings. The Labute approximate surface area is 123 Å². The van der Waals surface area contributed by atoms with E-state index in [2.05, 4.69) is 15.3 Å². The molecule has 0 aliphatic heterocycles. The molecule has 108 valence electrons. The number of amides is 1. The van der Waals surface area contributed by atoms with Gasteiger partial charge in [0.05, 0.1) is 11.3 Å². The summed E-state index contributed by atoms with van der Waals surface area (Å²) in [6.45, 7) is 0. The largest absolute Gasteiger partial charge is 0.478 e. The van der Waals surface area contributed by atoms with Crippen LogP contribution in [0.4, 0.5) is 10.3 Å². The van der Waals surface area contributed by atoms with Gasteiger partial charge in [-0.2, -0.15) is 0 Å². The van der Waals surface area contributed by atoms with Gasteiger partial charge in [-0.1, -0.05) is 0 Å². The Morgan fingerprint density at radius 3 is 2.67 bits per heavy atom. The van der Waals surface area contributed by atoms with Crippen molar-refractivity contribution in [2.75, 3.05) is 11.1 Å². The molecule has 0 unspecified atom stereocenters. The third-order valence-corrected chi connectivity index (χ3v) is 3.38. The molecule has 6 nitrogen and oxygen atoms in total. The van der Waals surface area contributed by atoms with Crippen LogP contribution in [0.15, 0.2) is 41.6 Å². The Hall–Kier alpha value is -2.48. The van der Waals surface area contributed by atoms with Crippen molar-refractivity contribution in [2.45, 2.75) is 4.90 Å². The van der Waals surface area contributed by atoms with Gasteiger partial charge >= 0.3 is 5.97 Å². The Kier molecular flexibility index (Phi) is 4.83. The van der Waals surface area contributed by atoms with Crippen molar-refractivity contribution >= 4 is 29.6 Å². The highest BCUT2D eigenvalue weighted by Crippen LogP contribution is 2.23. The number of thioether (sulfide) groups is 1. The number of carbonyl (C=O) groups excluding carboxylic acids is 1. The maximum atomic E-state index is 13.5. The van der Waals surface area contributed by atoms with Crippen molar-refractivity contribution in [3.8, 4) is 0 Å².